The van der Waals surface area contributed by atoms with Gasteiger partial charge in [-0.2, -0.15) is 0 Å². The third kappa shape index (κ3) is 6.84. The molecule has 0 fully saturated rings. The van der Waals surface area contributed by atoms with Gasteiger partial charge in [-0.15, -0.1) is 0 Å². The highest BCUT2D eigenvalue weighted by Gasteiger charge is 2.09. The summed E-state index contributed by atoms with van der Waals surface area (Å²) in [4.78, 5) is 13.8. The minimum Gasteiger partial charge on any atom is -0.305 e. The first-order valence-corrected chi connectivity index (χ1v) is 8.78. The first kappa shape index (κ1) is 16.3. The van der Waals surface area contributed by atoms with Gasteiger partial charge in [0.15, 0.2) is 5.78 Å². The first-order valence-electron chi connectivity index (χ1n) is 5.93. The molecule has 0 atom stereocenters. The minimum atomic E-state index is -2.95. The van der Waals surface area contributed by atoms with E-state index in [0.717, 1.165) is 4.47 Å². The Balaban J connectivity index is 2.40. The maximum atomic E-state index is 11.9. The van der Waals surface area contributed by atoms with Crippen LogP contribution in [0, 0.1) is 0 Å². The smallest absolute Gasteiger partial charge is 0.164 e. The summed E-state index contributed by atoms with van der Waals surface area (Å²) < 4.78 is 23.0. The lowest BCUT2D eigenvalue weighted by molar-refractivity contribution is 0.0970. The summed E-state index contributed by atoms with van der Waals surface area (Å²) in [5.41, 5.74) is 0.680. The number of carbonyl (C=O) groups excluding carboxylic acids is 1. The summed E-state index contributed by atoms with van der Waals surface area (Å²) in [6.07, 6.45) is 1.61. The van der Waals surface area contributed by atoms with E-state index in [1.807, 2.05) is 24.1 Å². The number of sulfone groups is 1. The van der Waals surface area contributed by atoms with Crippen molar-refractivity contribution in [1.82, 2.24) is 4.90 Å². The molecule has 0 spiro atoms. The van der Waals surface area contributed by atoms with Gasteiger partial charge < -0.3 is 4.90 Å². The van der Waals surface area contributed by atoms with Crippen LogP contribution in [0.25, 0.3) is 0 Å². The predicted molar refractivity (Wildman–Crippen MR) is 80.3 cm³/mol. The molecule has 0 unspecified atom stereocenters. The average molecular weight is 348 g/mol. The van der Waals surface area contributed by atoms with Crippen molar-refractivity contribution < 1.29 is 13.2 Å². The van der Waals surface area contributed by atoms with E-state index in [0.29, 0.717) is 25.1 Å². The summed E-state index contributed by atoms with van der Waals surface area (Å²) >= 11 is 3.32. The van der Waals surface area contributed by atoms with E-state index in [1.54, 1.807) is 12.1 Å². The zero-order valence-corrected chi connectivity index (χ0v) is 13.5. The van der Waals surface area contributed by atoms with Crippen LogP contribution < -0.4 is 0 Å². The summed E-state index contributed by atoms with van der Waals surface area (Å²) in [6.45, 7) is 1.01. The molecule has 0 amide bonds. The molecular formula is C13H18BrNO3S. The van der Waals surface area contributed by atoms with Gasteiger partial charge in [0.2, 0.25) is 0 Å². The number of nitrogens with zero attached hydrogens (tertiary/aromatic N) is 1. The van der Waals surface area contributed by atoms with Crippen molar-refractivity contribution >= 4 is 31.6 Å². The zero-order chi connectivity index (χ0) is 14.5. The van der Waals surface area contributed by atoms with Gasteiger partial charge in [0.1, 0.15) is 9.84 Å². The highest BCUT2D eigenvalue weighted by Crippen LogP contribution is 2.12. The Labute approximate surface area is 122 Å². The molecule has 0 aromatic heterocycles. The first-order chi connectivity index (χ1) is 8.78. The van der Waals surface area contributed by atoms with Crippen molar-refractivity contribution in [3.63, 3.8) is 0 Å². The Hall–Kier alpha value is -0.720. The van der Waals surface area contributed by atoms with Crippen LogP contribution in [0.2, 0.25) is 0 Å². The second-order valence-corrected chi connectivity index (χ2v) is 7.79. The summed E-state index contributed by atoms with van der Waals surface area (Å²) in [6, 6.07) is 7.23. The normalized spacial score (nSPS) is 11.8. The Kier molecular flexibility index (Phi) is 6.16. The number of ketones is 1. The molecule has 0 N–H and O–H groups in total. The maximum Gasteiger partial charge on any atom is 0.164 e. The van der Waals surface area contributed by atoms with Crippen LogP contribution in [0.1, 0.15) is 16.8 Å². The maximum absolute atomic E-state index is 11.9. The second-order valence-electron chi connectivity index (χ2n) is 4.61. The number of hydrogen-bond donors (Lipinski definition) is 0. The number of benzene rings is 1. The SMILES string of the molecule is CN(CCC(=O)c1ccc(Br)cc1)CCS(C)(=O)=O. The van der Waals surface area contributed by atoms with Gasteiger partial charge in [-0.25, -0.2) is 8.42 Å². The van der Waals surface area contributed by atoms with E-state index in [9.17, 15) is 13.2 Å². The van der Waals surface area contributed by atoms with Crippen LogP contribution in [0.3, 0.4) is 0 Å². The summed E-state index contributed by atoms with van der Waals surface area (Å²) in [7, 11) is -1.13. The van der Waals surface area contributed by atoms with E-state index in [-0.39, 0.29) is 11.5 Å². The van der Waals surface area contributed by atoms with Gasteiger partial charge in [-0.05, 0) is 19.2 Å². The third-order valence-electron chi connectivity index (χ3n) is 2.73. The van der Waals surface area contributed by atoms with Gasteiger partial charge in [-0.3, -0.25) is 4.79 Å². The molecule has 1 aromatic carbocycles. The third-order valence-corrected chi connectivity index (χ3v) is 4.18. The Morgan fingerprint density at radius 2 is 1.79 bits per heavy atom. The Bertz CT molecular complexity index is 525. The number of halogens is 1. The predicted octanol–water partition coefficient (Wildman–Crippen LogP) is 2.00. The largest absolute Gasteiger partial charge is 0.305 e. The van der Waals surface area contributed by atoms with Crippen molar-refractivity contribution in [1.29, 1.82) is 0 Å². The van der Waals surface area contributed by atoms with Crippen LogP contribution in [-0.4, -0.2) is 51.2 Å². The Morgan fingerprint density at radius 3 is 2.32 bits per heavy atom. The molecule has 0 aliphatic rings. The zero-order valence-electron chi connectivity index (χ0n) is 11.1. The molecule has 0 aliphatic heterocycles. The van der Waals surface area contributed by atoms with Gasteiger partial charge in [0.05, 0.1) is 5.75 Å². The van der Waals surface area contributed by atoms with Crippen LogP contribution in [0.4, 0.5) is 0 Å². The second kappa shape index (κ2) is 7.17. The van der Waals surface area contributed by atoms with E-state index in [1.165, 1.54) is 6.26 Å². The molecule has 1 rings (SSSR count). The monoisotopic (exact) mass is 347 g/mol. The Morgan fingerprint density at radius 1 is 1.21 bits per heavy atom. The van der Waals surface area contributed by atoms with Gasteiger partial charge in [-0.1, -0.05) is 28.1 Å². The molecule has 106 valence electrons. The average Bonchev–Trinajstić information content (AvgIpc) is 2.33. The molecule has 0 radical (unpaired) electrons. The fraction of sp³-hybridized carbons (Fsp3) is 0.462. The van der Waals surface area contributed by atoms with Crippen molar-refractivity contribution in [2.75, 3.05) is 32.1 Å². The number of Topliss-reactive ketones (excluding diaryl/α,β-unsaturated/α-hetero) is 1. The highest BCUT2D eigenvalue weighted by molar-refractivity contribution is 9.10. The molecule has 1 aromatic rings. The number of carbonyl (C=O) groups is 1. The summed E-state index contributed by atoms with van der Waals surface area (Å²) in [5, 5.41) is 0. The quantitative estimate of drug-likeness (QED) is 0.708. The molecule has 0 heterocycles. The van der Waals surface area contributed by atoms with E-state index in [4.69, 9.17) is 0 Å². The van der Waals surface area contributed by atoms with Crippen molar-refractivity contribution in [3.8, 4) is 0 Å². The molecule has 4 nitrogen and oxygen atoms in total. The molecular weight excluding hydrogens is 330 g/mol. The van der Waals surface area contributed by atoms with E-state index < -0.39 is 9.84 Å². The van der Waals surface area contributed by atoms with Crippen molar-refractivity contribution in [2.45, 2.75) is 6.42 Å². The number of hydrogen-bond acceptors (Lipinski definition) is 4. The number of rotatable bonds is 7. The minimum absolute atomic E-state index is 0.0682. The topological polar surface area (TPSA) is 54.5 Å². The standard InChI is InChI=1S/C13H18BrNO3S/c1-15(9-10-19(2,17)18)8-7-13(16)11-3-5-12(14)6-4-11/h3-6H,7-10H2,1-2H3. The van der Waals surface area contributed by atoms with E-state index in [2.05, 4.69) is 15.9 Å². The van der Waals surface area contributed by atoms with Crippen LogP contribution in [0.5, 0.6) is 0 Å². The molecule has 0 saturated heterocycles. The molecule has 0 saturated carbocycles. The van der Waals surface area contributed by atoms with Gasteiger partial charge in [0.25, 0.3) is 0 Å². The lowest BCUT2D eigenvalue weighted by atomic mass is 10.1. The van der Waals surface area contributed by atoms with Crippen molar-refractivity contribution in [3.05, 3.63) is 34.3 Å². The fourth-order valence-electron chi connectivity index (χ4n) is 1.51. The lowest BCUT2D eigenvalue weighted by Gasteiger charge is -2.15. The molecule has 0 aliphatic carbocycles. The van der Waals surface area contributed by atoms with E-state index >= 15 is 0 Å². The van der Waals surface area contributed by atoms with Crippen LogP contribution >= 0.6 is 15.9 Å². The molecule has 19 heavy (non-hydrogen) atoms. The lowest BCUT2D eigenvalue weighted by Crippen LogP contribution is -2.27. The van der Waals surface area contributed by atoms with Gasteiger partial charge >= 0.3 is 0 Å². The van der Waals surface area contributed by atoms with Crippen molar-refractivity contribution in [2.24, 2.45) is 0 Å². The molecule has 0 bridgehead atoms. The highest BCUT2D eigenvalue weighted by atomic mass is 79.9. The van der Waals surface area contributed by atoms with Gasteiger partial charge in [0, 0.05) is 35.8 Å². The fourth-order valence-corrected chi connectivity index (χ4v) is 2.41. The molecule has 6 heteroatoms. The van der Waals surface area contributed by atoms with Crippen LogP contribution in [0.15, 0.2) is 28.7 Å². The summed E-state index contributed by atoms with van der Waals surface area (Å²) in [5.74, 6) is 0.189. The van der Waals surface area contributed by atoms with Crippen LogP contribution in [-0.2, 0) is 9.84 Å².